The van der Waals surface area contributed by atoms with Gasteiger partial charge in [0.05, 0.1) is 17.0 Å². The van der Waals surface area contributed by atoms with E-state index in [2.05, 4.69) is 15.5 Å². The number of nitrogens with one attached hydrogen (secondary N) is 1. The summed E-state index contributed by atoms with van der Waals surface area (Å²) in [5, 5.41) is 6.93. The number of hydrogen-bond acceptors (Lipinski definition) is 7. The molecule has 0 bridgehead atoms. The van der Waals surface area contributed by atoms with E-state index in [9.17, 15) is 4.79 Å². The van der Waals surface area contributed by atoms with Crippen LogP contribution in [-0.2, 0) is 16.1 Å². The molecule has 30 heavy (non-hydrogen) atoms. The van der Waals surface area contributed by atoms with Crippen molar-refractivity contribution in [1.29, 1.82) is 0 Å². The van der Waals surface area contributed by atoms with Crippen molar-refractivity contribution in [2.45, 2.75) is 32.4 Å². The summed E-state index contributed by atoms with van der Waals surface area (Å²) in [7, 11) is 3.80. The van der Waals surface area contributed by atoms with E-state index < -0.39 is 0 Å². The fourth-order valence-corrected chi connectivity index (χ4v) is 3.35. The number of rotatable bonds is 6. The van der Waals surface area contributed by atoms with Gasteiger partial charge in [-0.15, -0.1) is 0 Å². The maximum absolute atomic E-state index is 12.1. The number of benzene rings is 1. The average Bonchev–Trinajstić information content (AvgIpc) is 3.44. The maximum Gasteiger partial charge on any atom is 0.249 e. The average molecular weight is 407 g/mol. The third-order valence-electron chi connectivity index (χ3n) is 4.99. The molecule has 1 aliphatic rings. The van der Waals surface area contributed by atoms with Crippen LogP contribution in [0.25, 0.3) is 22.6 Å². The number of carbonyl (C=O) groups excluding carboxylic acids is 1. The second kappa shape index (κ2) is 8.62. The summed E-state index contributed by atoms with van der Waals surface area (Å²) in [6.45, 7) is 3.00. The fourth-order valence-electron chi connectivity index (χ4n) is 3.35. The Kier molecular flexibility index (Phi) is 5.76. The Labute approximate surface area is 175 Å². The zero-order valence-corrected chi connectivity index (χ0v) is 17.4. The molecule has 2 aromatic heterocycles. The van der Waals surface area contributed by atoms with Crippen LogP contribution in [0.5, 0.6) is 0 Å². The highest BCUT2D eigenvalue weighted by Gasteiger charge is 2.23. The van der Waals surface area contributed by atoms with Crippen molar-refractivity contribution in [1.82, 2.24) is 20.4 Å². The van der Waals surface area contributed by atoms with Gasteiger partial charge in [-0.3, -0.25) is 4.79 Å². The summed E-state index contributed by atoms with van der Waals surface area (Å²) in [5.74, 6) is 1.18. The Balaban J connectivity index is 1.56. The standard InChI is InChI=1S/C22H25N5O3/c1-14-11-19(30-26-14)17-13-24-22(27(2)3)25-20(17)16-8-6-15(7-9-16)12-23-21(28)18-5-4-10-29-18/h6-9,11,13,18H,4-5,10,12H2,1-3H3,(H,23,28). The number of amides is 1. The molecule has 1 atom stereocenters. The largest absolute Gasteiger partial charge is 0.368 e. The molecule has 0 saturated carbocycles. The highest BCUT2D eigenvalue weighted by Crippen LogP contribution is 2.31. The molecular weight excluding hydrogens is 382 g/mol. The Bertz CT molecular complexity index is 1020. The Morgan fingerprint density at radius 3 is 2.70 bits per heavy atom. The van der Waals surface area contributed by atoms with Crippen LogP contribution < -0.4 is 10.2 Å². The zero-order chi connectivity index (χ0) is 21.1. The second-order valence-electron chi connectivity index (χ2n) is 7.58. The smallest absolute Gasteiger partial charge is 0.249 e. The van der Waals surface area contributed by atoms with Crippen molar-refractivity contribution < 1.29 is 14.1 Å². The molecule has 1 fully saturated rings. The molecule has 0 aliphatic carbocycles. The number of aryl methyl sites for hydroxylation is 1. The van der Waals surface area contributed by atoms with Crippen molar-refractivity contribution >= 4 is 11.9 Å². The number of hydrogen-bond donors (Lipinski definition) is 1. The minimum absolute atomic E-state index is 0.0500. The molecule has 1 N–H and O–H groups in total. The van der Waals surface area contributed by atoms with Gasteiger partial charge >= 0.3 is 0 Å². The van der Waals surface area contributed by atoms with E-state index in [1.54, 1.807) is 6.20 Å². The van der Waals surface area contributed by atoms with Gasteiger partial charge in [-0.05, 0) is 25.3 Å². The van der Waals surface area contributed by atoms with Gasteiger partial charge < -0.3 is 19.5 Å². The van der Waals surface area contributed by atoms with Crippen LogP contribution in [0.3, 0.4) is 0 Å². The van der Waals surface area contributed by atoms with Crippen LogP contribution in [0.1, 0.15) is 24.1 Å². The normalized spacial score (nSPS) is 15.9. The van der Waals surface area contributed by atoms with Crippen LogP contribution in [0.4, 0.5) is 5.95 Å². The molecule has 3 heterocycles. The van der Waals surface area contributed by atoms with E-state index in [1.807, 2.05) is 56.3 Å². The van der Waals surface area contributed by atoms with Gasteiger partial charge in [-0.25, -0.2) is 9.97 Å². The lowest BCUT2D eigenvalue weighted by molar-refractivity contribution is -0.130. The quantitative estimate of drug-likeness (QED) is 0.671. The lowest BCUT2D eigenvalue weighted by Crippen LogP contribution is -2.33. The Hall–Kier alpha value is -3.26. The van der Waals surface area contributed by atoms with Crippen LogP contribution in [-0.4, -0.2) is 47.8 Å². The van der Waals surface area contributed by atoms with Crippen LogP contribution in [0.15, 0.2) is 41.1 Å². The molecule has 1 unspecified atom stereocenters. The van der Waals surface area contributed by atoms with Crippen LogP contribution in [0, 0.1) is 6.92 Å². The molecule has 3 aromatic rings. The lowest BCUT2D eigenvalue weighted by atomic mass is 10.0. The fraction of sp³-hybridized carbons (Fsp3) is 0.364. The molecular formula is C22H25N5O3. The third kappa shape index (κ3) is 4.33. The Morgan fingerprint density at radius 1 is 1.27 bits per heavy atom. The zero-order valence-electron chi connectivity index (χ0n) is 17.4. The molecule has 8 nitrogen and oxygen atoms in total. The number of carbonyl (C=O) groups is 1. The molecule has 1 aromatic carbocycles. The highest BCUT2D eigenvalue weighted by molar-refractivity contribution is 5.81. The van der Waals surface area contributed by atoms with Gasteiger partial charge in [-0.1, -0.05) is 29.4 Å². The monoisotopic (exact) mass is 407 g/mol. The number of ether oxygens (including phenoxy) is 1. The summed E-state index contributed by atoms with van der Waals surface area (Å²) >= 11 is 0. The van der Waals surface area contributed by atoms with Crippen molar-refractivity contribution in [2.75, 3.05) is 25.6 Å². The van der Waals surface area contributed by atoms with Crippen molar-refractivity contribution in [3.63, 3.8) is 0 Å². The van der Waals surface area contributed by atoms with Gasteiger partial charge in [0.1, 0.15) is 6.10 Å². The molecule has 1 saturated heterocycles. The van der Waals surface area contributed by atoms with E-state index in [0.717, 1.165) is 40.9 Å². The summed E-state index contributed by atoms with van der Waals surface area (Å²) in [4.78, 5) is 23.1. The van der Waals surface area contributed by atoms with Gasteiger partial charge in [-0.2, -0.15) is 0 Å². The number of anilines is 1. The minimum Gasteiger partial charge on any atom is -0.368 e. The Morgan fingerprint density at radius 2 is 2.07 bits per heavy atom. The van der Waals surface area contributed by atoms with Crippen molar-refractivity contribution in [3.8, 4) is 22.6 Å². The third-order valence-corrected chi connectivity index (χ3v) is 4.99. The predicted octanol–water partition coefficient (Wildman–Crippen LogP) is 2.97. The van der Waals surface area contributed by atoms with Gasteiger partial charge in [0.2, 0.25) is 11.9 Å². The molecule has 1 amide bonds. The first-order valence-corrected chi connectivity index (χ1v) is 9.98. The molecule has 156 valence electrons. The predicted molar refractivity (Wildman–Crippen MR) is 113 cm³/mol. The first-order valence-electron chi connectivity index (χ1n) is 9.98. The van der Waals surface area contributed by atoms with E-state index in [0.29, 0.717) is 24.9 Å². The molecule has 0 spiro atoms. The maximum atomic E-state index is 12.1. The summed E-state index contributed by atoms with van der Waals surface area (Å²) in [6, 6.07) is 9.81. The molecule has 0 radical (unpaired) electrons. The van der Waals surface area contributed by atoms with E-state index in [1.165, 1.54) is 0 Å². The highest BCUT2D eigenvalue weighted by atomic mass is 16.5. The first-order chi connectivity index (χ1) is 14.5. The van der Waals surface area contributed by atoms with Gasteiger partial charge in [0, 0.05) is 45.1 Å². The topological polar surface area (TPSA) is 93.4 Å². The van der Waals surface area contributed by atoms with E-state index in [4.69, 9.17) is 14.2 Å². The molecule has 1 aliphatic heterocycles. The summed E-state index contributed by atoms with van der Waals surface area (Å²) in [6.07, 6.45) is 3.17. The number of nitrogens with zero attached hydrogens (tertiary/aromatic N) is 4. The van der Waals surface area contributed by atoms with Crippen molar-refractivity contribution in [3.05, 3.63) is 47.8 Å². The first kappa shape index (κ1) is 20.0. The second-order valence-corrected chi connectivity index (χ2v) is 7.58. The lowest BCUT2D eigenvalue weighted by Gasteiger charge is -2.14. The van der Waals surface area contributed by atoms with Crippen LogP contribution >= 0.6 is 0 Å². The SMILES string of the molecule is Cc1cc(-c2cnc(N(C)C)nc2-c2ccc(CNC(=O)C3CCCO3)cc2)on1. The minimum atomic E-state index is -0.317. The summed E-state index contributed by atoms with van der Waals surface area (Å²) in [5.41, 5.74) is 4.27. The molecule has 8 heteroatoms. The van der Waals surface area contributed by atoms with E-state index in [-0.39, 0.29) is 12.0 Å². The molecule has 4 rings (SSSR count). The van der Waals surface area contributed by atoms with Crippen molar-refractivity contribution in [2.24, 2.45) is 0 Å². The van der Waals surface area contributed by atoms with Crippen LogP contribution in [0.2, 0.25) is 0 Å². The van der Waals surface area contributed by atoms with Gasteiger partial charge in [0.15, 0.2) is 5.76 Å². The van der Waals surface area contributed by atoms with E-state index >= 15 is 0 Å². The van der Waals surface area contributed by atoms with Gasteiger partial charge in [0.25, 0.3) is 0 Å². The number of aromatic nitrogens is 3. The summed E-state index contributed by atoms with van der Waals surface area (Å²) < 4.78 is 10.9.